The summed E-state index contributed by atoms with van der Waals surface area (Å²) < 4.78 is 31.2. The molecule has 7 nitrogen and oxygen atoms in total. The van der Waals surface area contributed by atoms with Gasteiger partial charge in [0.05, 0.1) is 0 Å². The molecule has 0 saturated heterocycles. The molecule has 0 aromatic heterocycles. The summed E-state index contributed by atoms with van der Waals surface area (Å²) in [6, 6.07) is 10.3. The molecule has 2 aromatic rings. The second-order valence-corrected chi connectivity index (χ2v) is 10.7. The number of rotatable bonds is 10. The van der Waals surface area contributed by atoms with E-state index < -0.39 is 10.1 Å². The Bertz CT molecular complexity index is 1080. The first kappa shape index (κ1) is 26.7. The van der Waals surface area contributed by atoms with Gasteiger partial charge in [-0.15, -0.1) is 0 Å². The Morgan fingerprint density at radius 2 is 1.67 bits per heavy atom. The minimum absolute atomic E-state index is 0.0129. The van der Waals surface area contributed by atoms with Crippen molar-refractivity contribution in [1.29, 1.82) is 0 Å². The van der Waals surface area contributed by atoms with E-state index in [0.717, 1.165) is 0 Å². The fourth-order valence-corrected chi connectivity index (χ4v) is 4.37. The molecule has 9 heteroatoms. The third kappa shape index (κ3) is 8.37. The molecule has 0 bridgehead atoms. The smallest absolute Gasteiger partial charge is 0.339 e. The zero-order valence-corrected chi connectivity index (χ0v) is 21.2. The summed E-state index contributed by atoms with van der Waals surface area (Å²) in [6.07, 6.45) is 0.391. The lowest BCUT2D eigenvalue weighted by Crippen LogP contribution is -2.34. The van der Waals surface area contributed by atoms with Crippen molar-refractivity contribution >= 4 is 39.2 Å². The molecule has 2 amide bonds. The van der Waals surface area contributed by atoms with Gasteiger partial charge in [0.2, 0.25) is 11.8 Å². The molecule has 1 N–H and O–H groups in total. The molecule has 0 saturated carbocycles. The highest BCUT2D eigenvalue weighted by Gasteiger charge is 2.22. The van der Waals surface area contributed by atoms with Gasteiger partial charge in [-0.05, 0) is 54.3 Å². The maximum absolute atomic E-state index is 12.9. The number of hydrogen-bond donors (Lipinski definition) is 1. The van der Waals surface area contributed by atoms with Crippen molar-refractivity contribution in [1.82, 2.24) is 4.90 Å². The average molecular weight is 495 g/mol. The van der Waals surface area contributed by atoms with Crippen LogP contribution in [0.4, 0.5) is 5.69 Å². The maximum Gasteiger partial charge on any atom is 0.339 e. The van der Waals surface area contributed by atoms with Crippen LogP contribution in [-0.2, 0) is 26.3 Å². The predicted molar refractivity (Wildman–Crippen MR) is 130 cm³/mol. The van der Waals surface area contributed by atoms with Crippen LogP contribution in [0.25, 0.3) is 0 Å². The van der Waals surface area contributed by atoms with Crippen LogP contribution in [0.15, 0.2) is 47.4 Å². The molecular weight excluding hydrogens is 464 g/mol. The molecule has 2 rings (SSSR count). The minimum atomic E-state index is -4.15. The molecule has 180 valence electrons. The van der Waals surface area contributed by atoms with Crippen molar-refractivity contribution in [3.63, 3.8) is 0 Å². The summed E-state index contributed by atoms with van der Waals surface area (Å²) in [5, 5.41) is 3.00. The molecule has 0 aliphatic heterocycles. The van der Waals surface area contributed by atoms with E-state index in [1.807, 2.05) is 27.7 Å². The van der Waals surface area contributed by atoms with Crippen LogP contribution in [0.5, 0.6) is 5.75 Å². The Balaban J connectivity index is 2.32. The molecule has 0 aliphatic rings. The first-order valence-corrected chi connectivity index (χ1v) is 12.5. The van der Waals surface area contributed by atoms with Crippen molar-refractivity contribution in [3.05, 3.63) is 53.1 Å². The largest absolute Gasteiger partial charge is 0.379 e. The summed E-state index contributed by atoms with van der Waals surface area (Å²) in [4.78, 5) is 25.6. The van der Waals surface area contributed by atoms with Gasteiger partial charge in [-0.1, -0.05) is 39.3 Å². The van der Waals surface area contributed by atoms with E-state index in [-0.39, 0.29) is 40.8 Å². The zero-order valence-electron chi connectivity index (χ0n) is 19.6. The van der Waals surface area contributed by atoms with Crippen LogP contribution in [-0.4, -0.2) is 31.7 Å². The molecular formula is C24H31ClN2O5S. The van der Waals surface area contributed by atoms with Crippen molar-refractivity contribution < 1.29 is 22.2 Å². The van der Waals surface area contributed by atoms with Gasteiger partial charge < -0.3 is 14.4 Å². The highest BCUT2D eigenvalue weighted by atomic mass is 35.5. The van der Waals surface area contributed by atoms with Crippen LogP contribution in [0.1, 0.15) is 46.6 Å². The lowest BCUT2D eigenvalue weighted by atomic mass is 10.1. The van der Waals surface area contributed by atoms with Crippen molar-refractivity contribution in [3.8, 4) is 5.75 Å². The summed E-state index contributed by atoms with van der Waals surface area (Å²) in [7, 11) is -4.15. The predicted octanol–water partition coefficient (Wildman–Crippen LogP) is 5.10. The topological polar surface area (TPSA) is 92.8 Å². The fourth-order valence-electron chi connectivity index (χ4n) is 3.21. The van der Waals surface area contributed by atoms with Gasteiger partial charge in [0.1, 0.15) is 10.6 Å². The SMILES string of the molecule is CC(=O)Nc1ccc(S(=O)(=O)Oc2ccc(Cl)cc2CN(CC(C)C)C(=O)CC(C)C)cc1. The van der Waals surface area contributed by atoms with Gasteiger partial charge in [-0.3, -0.25) is 9.59 Å². The van der Waals surface area contributed by atoms with E-state index in [4.69, 9.17) is 15.8 Å². The summed E-state index contributed by atoms with van der Waals surface area (Å²) in [5.74, 6) is 0.265. The van der Waals surface area contributed by atoms with Gasteiger partial charge in [0.15, 0.2) is 0 Å². The average Bonchev–Trinajstić information content (AvgIpc) is 2.68. The van der Waals surface area contributed by atoms with Crippen molar-refractivity contribution in [2.45, 2.75) is 52.5 Å². The van der Waals surface area contributed by atoms with Crippen LogP contribution in [0, 0.1) is 11.8 Å². The van der Waals surface area contributed by atoms with Gasteiger partial charge in [0.25, 0.3) is 0 Å². The normalized spacial score (nSPS) is 11.5. The summed E-state index contributed by atoms with van der Waals surface area (Å²) in [5.41, 5.74) is 0.973. The Kier molecular flexibility index (Phi) is 9.31. The Labute approximate surface area is 201 Å². The van der Waals surface area contributed by atoms with E-state index in [9.17, 15) is 18.0 Å². The molecule has 33 heavy (non-hydrogen) atoms. The number of amides is 2. The number of halogens is 1. The minimum Gasteiger partial charge on any atom is -0.379 e. The van der Waals surface area contributed by atoms with Crippen LogP contribution in [0.3, 0.4) is 0 Å². The van der Waals surface area contributed by atoms with E-state index in [1.54, 1.807) is 17.0 Å². The van der Waals surface area contributed by atoms with E-state index in [1.165, 1.54) is 37.3 Å². The first-order valence-electron chi connectivity index (χ1n) is 10.8. The molecule has 2 aromatic carbocycles. The lowest BCUT2D eigenvalue weighted by Gasteiger charge is -2.26. The van der Waals surface area contributed by atoms with E-state index >= 15 is 0 Å². The molecule has 0 spiro atoms. The number of carbonyl (C=O) groups excluding carboxylic acids is 2. The fraction of sp³-hybridized carbons (Fsp3) is 0.417. The molecule has 0 unspecified atom stereocenters. The van der Waals surface area contributed by atoms with Crippen LogP contribution < -0.4 is 9.50 Å². The number of nitrogens with zero attached hydrogens (tertiary/aromatic N) is 1. The molecule has 0 radical (unpaired) electrons. The third-order valence-corrected chi connectivity index (χ3v) is 6.05. The Hall–Kier alpha value is -2.58. The van der Waals surface area contributed by atoms with Gasteiger partial charge in [0, 0.05) is 42.7 Å². The first-order chi connectivity index (χ1) is 15.4. The second kappa shape index (κ2) is 11.5. The highest BCUT2D eigenvalue weighted by Crippen LogP contribution is 2.28. The Morgan fingerprint density at radius 3 is 2.21 bits per heavy atom. The number of benzene rings is 2. The maximum atomic E-state index is 12.9. The van der Waals surface area contributed by atoms with Crippen molar-refractivity contribution in [2.75, 3.05) is 11.9 Å². The Morgan fingerprint density at radius 1 is 1.03 bits per heavy atom. The number of hydrogen-bond acceptors (Lipinski definition) is 5. The summed E-state index contributed by atoms with van der Waals surface area (Å²) in [6.45, 7) is 10.0. The van der Waals surface area contributed by atoms with E-state index in [0.29, 0.717) is 29.2 Å². The number of anilines is 1. The van der Waals surface area contributed by atoms with Gasteiger partial charge in [-0.2, -0.15) is 8.42 Å². The second-order valence-electron chi connectivity index (χ2n) is 8.76. The third-order valence-electron chi connectivity index (χ3n) is 4.57. The number of nitrogens with one attached hydrogen (secondary N) is 1. The van der Waals surface area contributed by atoms with Crippen LogP contribution >= 0.6 is 11.6 Å². The quantitative estimate of drug-likeness (QED) is 0.464. The zero-order chi connectivity index (χ0) is 24.8. The molecule has 0 heterocycles. The molecule has 0 fully saturated rings. The lowest BCUT2D eigenvalue weighted by molar-refractivity contribution is -0.133. The van der Waals surface area contributed by atoms with Gasteiger partial charge >= 0.3 is 10.1 Å². The van der Waals surface area contributed by atoms with Gasteiger partial charge in [-0.25, -0.2) is 0 Å². The van der Waals surface area contributed by atoms with Crippen molar-refractivity contribution in [2.24, 2.45) is 11.8 Å². The number of carbonyl (C=O) groups is 2. The monoisotopic (exact) mass is 494 g/mol. The summed E-state index contributed by atoms with van der Waals surface area (Å²) >= 11 is 6.17. The van der Waals surface area contributed by atoms with E-state index in [2.05, 4.69) is 5.32 Å². The van der Waals surface area contributed by atoms with Crippen LogP contribution in [0.2, 0.25) is 5.02 Å². The standard InChI is InChI=1S/C24H31ClN2O5S/c1-16(2)12-24(29)27(14-17(3)4)15-19-13-20(25)6-11-23(19)32-33(30,31)22-9-7-21(8-10-22)26-18(5)28/h6-11,13,16-17H,12,14-15H2,1-5H3,(H,26,28). The molecule has 0 aliphatic carbocycles. The molecule has 0 atom stereocenters. The highest BCUT2D eigenvalue weighted by molar-refractivity contribution is 7.87.